The van der Waals surface area contributed by atoms with Gasteiger partial charge in [0.25, 0.3) is 0 Å². The predicted octanol–water partition coefficient (Wildman–Crippen LogP) is 4.75. The van der Waals surface area contributed by atoms with Crippen LogP contribution in [0.5, 0.6) is 0 Å². The molecule has 3 aromatic rings. The molecular formula is C22H30N4OSi. The van der Waals surface area contributed by atoms with Crippen LogP contribution in [0.15, 0.2) is 36.7 Å². The van der Waals surface area contributed by atoms with Crippen molar-refractivity contribution >= 4 is 8.07 Å². The lowest BCUT2D eigenvalue weighted by atomic mass is 10.0. The second-order valence-electron chi connectivity index (χ2n) is 8.96. The molecule has 0 fully saturated rings. The molecule has 2 aromatic heterocycles. The van der Waals surface area contributed by atoms with Gasteiger partial charge in [0.1, 0.15) is 6.73 Å². The molecule has 1 aromatic carbocycles. The Labute approximate surface area is 168 Å². The van der Waals surface area contributed by atoms with Gasteiger partial charge in [-0.2, -0.15) is 10.2 Å². The van der Waals surface area contributed by atoms with Crippen molar-refractivity contribution in [2.24, 2.45) is 7.05 Å². The summed E-state index contributed by atoms with van der Waals surface area (Å²) >= 11 is 0. The molecule has 0 atom stereocenters. The van der Waals surface area contributed by atoms with Crippen molar-refractivity contribution in [3.05, 3.63) is 47.8 Å². The fourth-order valence-electron chi connectivity index (χ4n) is 3.82. The molecule has 1 aliphatic carbocycles. The summed E-state index contributed by atoms with van der Waals surface area (Å²) in [6, 6.07) is 10.0. The van der Waals surface area contributed by atoms with E-state index < -0.39 is 8.07 Å². The molecule has 2 heterocycles. The Morgan fingerprint density at radius 1 is 1.18 bits per heavy atom. The zero-order valence-corrected chi connectivity index (χ0v) is 18.4. The monoisotopic (exact) mass is 394 g/mol. The summed E-state index contributed by atoms with van der Waals surface area (Å²) in [5, 5.41) is 9.19. The number of rotatable bonds is 7. The smallest absolute Gasteiger partial charge is 0.140 e. The van der Waals surface area contributed by atoms with Crippen LogP contribution in [-0.4, -0.2) is 34.2 Å². The van der Waals surface area contributed by atoms with Crippen LogP contribution in [-0.2, 0) is 31.4 Å². The van der Waals surface area contributed by atoms with Crippen LogP contribution < -0.4 is 0 Å². The number of ether oxygens (including phenoxy) is 1. The second-order valence-corrected chi connectivity index (χ2v) is 14.6. The first kappa shape index (κ1) is 19.1. The zero-order valence-electron chi connectivity index (χ0n) is 17.4. The van der Waals surface area contributed by atoms with E-state index in [2.05, 4.69) is 49.0 Å². The van der Waals surface area contributed by atoms with Gasteiger partial charge in [-0.15, -0.1) is 0 Å². The van der Waals surface area contributed by atoms with Gasteiger partial charge in [0.05, 0.1) is 17.6 Å². The molecule has 0 unspecified atom stereocenters. The molecule has 0 saturated carbocycles. The Bertz CT molecular complexity index is 967. The number of nitrogens with zero attached hydrogens (tertiary/aromatic N) is 4. The van der Waals surface area contributed by atoms with E-state index in [0.717, 1.165) is 30.0 Å². The normalized spacial score (nSPS) is 13.9. The van der Waals surface area contributed by atoms with Crippen LogP contribution in [0.3, 0.4) is 0 Å². The first-order valence-electron chi connectivity index (χ1n) is 10.2. The van der Waals surface area contributed by atoms with Gasteiger partial charge < -0.3 is 4.74 Å². The van der Waals surface area contributed by atoms with Gasteiger partial charge in [-0.25, -0.2) is 4.68 Å². The quantitative estimate of drug-likeness (QED) is 0.429. The van der Waals surface area contributed by atoms with Gasteiger partial charge in [-0.05, 0) is 42.5 Å². The van der Waals surface area contributed by atoms with Crippen molar-refractivity contribution in [3.8, 4) is 22.5 Å². The van der Waals surface area contributed by atoms with Crippen molar-refractivity contribution < 1.29 is 4.74 Å². The van der Waals surface area contributed by atoms with Gasteiger partial charge in [0.2, 0.25) is 0 Å². The molecule has 6 heteroatoms. The molecule has 5 nitrogen and oxygen atoms in total. The topological polar surface area (TPSA) is 44.9 Å². The maximum absolute atomic E-state index is 6.05. The summed E-state index contributed by atoms with van der Waals surface area (Å²) in [4.78, 5) is 0. The highest BCUT2D eigenvalue weighted by atomic mass is 28.3. The summed E-state index contributed by atoms with van der Waals surface area (Å²) in [6.07, 6.45) is 7.45. The van der Waals surface area contributed by atoms with E-state index in [4.69, 9.17) is 9.84 Å². The summed E-state index contributed by atoms with van der Waals surface area (Å²) in [5.41, 5.74) is 7.39. The third kappa shape index (κ3) is 4.13. The molecule has 0 radical (unpaired) electrons. The average Bonchev–Trinajstić information content (AvgIpc) is 3.36. The SMILES string of the molecule is Cn1cc(-c2cc(-c3cccc4c3CCC4)n(COCC[Si](C)(C)C)n2)cn1. The molecule has 0 N–H and O–H groups in total. The van der Waals surface area contributed by atoms with Crippen LogP contribution in [0.4, 0.5) is 0 Å². The van der Waals surface area contributed by atoms with Crippen LogP contribution in [0.25, 0.3) is 22.5 Å². The van der Waals surface area contributed by atoms with Gasteiger partial charge in [-0.3, -0.25) is 4.68 Å². The van der Waals surface area contributed by atoms with Gasteiger partial charge in [0, 0.05) is 39.1 Å². The van der Waals surface area contributed by atoms with E-state index in [0.29, 0.717) is 6.73 Å². The van der Waals surface area contributed by atoms with Crippen LogP contribution in [0, 0.1) is 0 Å². The Balaban J connectivity index is 1.66. The minimum atomic E-state index is -1.10. The van der Waals surface area contributed by atoms with Gasteiger partial charge >= 0.3 is 0 Å². The van der Waals surface area contributed by atoms with Crippen molar-refractivity contribution in [3.63, 3.8) is 0 Å². The number of aromatic nitrogens is 4. The lowest BCUT2D eigenvalue weighted by Gasteiger charge is -2.16. The highest BCUT2D eigenvalue weighted by Crippen LogP contribution is 2.34. The van der Waals surface area contributed by atoms with E-state index in [1.165, 1.54) is 35.6 Å². The summed E-state index contributed by atoms with van der Waals surface area (Å²) < 4.78 is 9.89. The first-order valence-corrected chi connectivity index (χ1v) is 13.9. The fourth-order valence-corrected chi connectivity index (χ4v) is 4.57. The highest BCUT2D eigenvalue weighted by molar-refractivity contribution is 6.76. The van der Waals surface area contributed by atoms with E-state index in [-0.39, 0.29) is 0 Å². The Morgan fingerprint density at radius 2 is 2.04 bits per heavy atom. The zero-order chi connectivity index (χ0) is 19.7. The Kier molecular flexibility index (Phi) is 5.25. The molecular weight excluding hydrogens is 364 g/mol. The molecule has 0 spiro atoms. The van der Waals surface area contributed by atoms with Crippen LogP contribution >= 0.6 is 0 Å². The van der Waals surface area contributed by atoms with Gasteiger partial charge in [-0.1, -0.05) is 37.8 Å². The minimum absolute atomic E-state index is 0.490. The predicted molar refractivity (Wildman–Crippen MR) is 116 cm³/mol. The number of hydrogen-bond donors (Lipinski definition) is 0. The highest BCUT2D eigenvalue weighted by Gasteiger charge is 2.20. The second kappa shape index (κ2) is 7.68. The summed E-state index contributed by atoms with van der Waals surface area (Å²) in [7, 11) is 0.838. The molecule has 0 saturated heterocycles. The molecule has 4 rings (SSSR count). The Hall–Kier alpha value is -2.18. The van der Waals surface area contributed by atoms with E-state index in [9.17, 15) is 0 Å². The molecule has 148 valence electrons. The van der Waals surface area contributed by atoms with Crippen molar-refractivity contribution in [1.82, 2.24) is 19.6 Å². The number of hydrogen-bond acceptors (Lipinski definition) is 3. The lowest BCUT2D eigenvalue weighted by Crippen LogP contribution is -2.22. The minimum Gasteiger partial charge on any atom is -0.360 e. The summed E-state index contributed by atoms with van der Waals surface area (Å²) in [5.74, 6) is 0. The maximum atomic E-state index is 6.05. The average molecular weight is 395 g/mol. The standard InChI is InChI=1S/C22H30N4OSi/c1-25-15-18(14-23-25)21-13-22(20-10-6-8-17-7-5-9-19(17)20)26(24-21)16-27-11-12-28(2,3)4/h6,8,10,13-15H,5,7,9,11-12,16H2,1-4H3. The van der Waals surface area contributed by atoms with Crippen molar-refractivity contribution in [2.75, 3.05) is 6.61 Å². The molecule has 1 aliphatic rings. The number of fused-ring (bicyclic) bond motifs is 1. The van der Waals surface area contributed by atoms with Crippen molar-refractivity contribution in [1.29, 1.82) is 0 Å². The molecule has 0 amide bonds. The van der Waals surface area contributed by atoms with E-state index in [1.807, 2.05) is 28.8 Å². The first-order chi connectivity index (χ1) is 13.4. The third-order valence-electron chi connectivity index (χ3n) is 5.41. The molecule has 28 heavy (non-hydrogen) atoms. The number of aryl methyl sites for hydroxylation is 2. The third-order valence-corrected chi connectivity index (χ3v) is 7.12. The summed E-state index contributed by atoms with van der Waals surface area (Å²) in [6.45, 7) is 8.42. The van der Waals surface area contributed by atoms with Crippen LogP contribution in [0.2, 0.25) is 25.7 Å². The van der Waals surface area contributed by atoms with Crippen LogP contribution in [0.1, 0.15) is 17.5 Å². The van der Waals surface area contributed by atoms with Crippen molar-refractivity contribution in [2.45, 2.75) is 51.7 Å². The largest absolute Gasteiger partial charge is 0.360 e. The van der Waals surface area contributed by atoms with E-state index >= 15 is 0 Å². The fraction of sp³-hybridized carbons (Fsp3) is 0.455. The van der Waals surface area contributed by atoms with E-state index in [1.54, 1.807) is 0 Å². The van der Waals surface area contributed by atoms with Gasteiger partial charge in [0.15, 0.2) is 0 Å². The molecule has 0 aliphatic heterocycles. The Morgan fingerprint density at radius 3 is 2.79 bits per heavy atom. The lowest BCUT2D eigenvalue weighted by molar-refractivity contribution is 0.0799. The number of benzene rings is 1. The molecule has 0 bridgehead atoms. The maximum Gasteiger partial charge on any atom is 0.140 e.